The number of likely N-dealkylation sites (tertiary alicyclic amines) is 1. The number of carbonyl (C=O) groups is 2. The van der Waals surface area contributed by atoms with E-state index in [1.165, 1.54) is 5.56 Å². The summed E-state index contributed by atoms with van der Waals surface area (Å²) in [5.41, 5.74) is 2.18. The van der Waals surface area contributed by atoms with Gasteiger partial charge in [0.1, 0.15) is 11.9 Å². The predicted molar refractivity (Wildman–Crippen MR) is 132 cm³/mol. The van der Waals surface area contributed by atoms with Crippen LogP contribution in [-0.2, 0) is 32.6 Å². The van der Waals surface area contributed by atoms with Gasteiger partial charge in [-0.05, 0) is 56.4 Å². The van der Waals surface area contributed by atoms with Crippen molar-refractivity contribution in [3.8, 4) is 0 Å². The molecule has 1 saturated heterocycles. The lowest BCUT2D eigenvalue weighted by Gasteiger charge is -2.39. The van der Waals surface area contributed by atoms with Gasteiger partial charge in [0.2, 0.25) is 5.91 Å². The van der Waals surface area contributed by atoms with Crippen molar-refractivity contribution in [2.75, 3.05) is 38.1 Å². The van der Waals surface area contributed by atoms with Crippen molar-refractivity contribution >= 4 is 17.7 Å². The average Bonchev–Trinajstić information content (AvgIpc) is 2.84. The number of carbonyl (C=O) groups excluding carboxylic acids is 1. The highest BCUT2D eigenvalue weighted by atomic mass is 16.5. The number of fused-ring (bicyclic) bond motifs is 1. The van der Waals surface area contributed by atoms with Crippen LogP contribution in [0.25, 0.3) is 0 Å². The molecule has 2 aliphatic heterocycles. The van der Waals surface area contributed by atoms with Gasteiger partial charge in [0.25, 0.3) is 0 Å². The van der Waals surface area contributed by atoms with Crippen LogP contribution in [0.1, 0.15) is 43.5 Å². The number of hydrogen-bond donors (Lipinski definition) is 3. The number of hydrogen-bond acceptors (Lipinski definition) is 7. The molecule has 0 saturated carbocycles. The third-order valence-corrected chi connectivity index (χ3v) is 6.88. The molecule has 1 amide bonds. The molecule has 0 bridgehead atoms. The zero-order chi connectivity index (χ0) is 24.8. The summed E-state index contributed by atoms with van der Waals surface area (Å²) in [6.45, 7) is 7.25. The number of nitrogens with one attached hydrogen (secondary N) is 2. The van der Waals surface area contributed by atoms with Crippen molar-refractivity contribution in [3.05, 3.63) is 53.5 Å². The fourth-order valence-corrected chi connectivity index (χ4v) is 4.42. The van der Waals surface area contributed by atoms with Gasteiger partial charge in [-0.25, -0.2) is 9.78 Å². The van der Waals surface area contributed by atoms with Crippen molar-refractivity contribution in [1.82, 2.24) is 20.2 Å². The molecule has 188 valence electrons. The number of carboxylic acid groups (broad SMARTS) is 1. The SMILES string of the molecule is CC(C)(C(=O)NC(CCN1CC(OCCc2ccc3c(n2)NCCC3)C1)C(=O)O)c1cccnc1. The zero-order valence-electron chi connectivity index (χ0n) is 20.5. The highest BCUT2D eigenvalue weighted by molar-refractivity contribution is 5.90. The maximum absolute atomic E-state index is 12.8. The van der Waals surface area contributed by atoms with E-state index in [4.69, 9.17) is 9.72 Å². The molecule has 2 aromatic heterocycles. The summed E-state index contributed by atoms with van der Waals surface area (Å²) in [6, 6.07) is 6.88. The molecule has 9 nitrogen and oxygen atoms in total. The first-order valence-corrected chi connectivity index (χ1v) is 12.3. The Morgan fingerprint density at radius 3 is 2.89 bits per heavy atom. The molecule has 3 N–H and O–H groups in total. The van der Waals surface area contributed by atoms with E-state index >= 15 is 0 Å². The molecule has 1 fully saturated rings. The molecule has 4 heterocycles. The van der Waals surface area contributed by atoms with Crippen molar-refractivity contribution < 1.29 is 19.4 Å². The van der Waals surface area contributed by atoms with Crippen LogP contribution in [0.15, 0.2) is 36.7 Å². The van der Waals surface area contributed by atoms with E-state index < -0.39 is 17.4 Å². The number of aromatic nitrogens is 2. The monoisotopic (exact) mass is 481 g/mol. The summed E-state index contributed by atoms with van der Waals surface area (Å²) in [4.78, 5) is 35.5. The van der Waals surface area contributed by atoms with Gasteiger partial charge in [0, 0.05) is 50.7 Å². The number of carboxylic acids is 1. The van der Waals surface area contributed by atoms with Gasteiger partial charge in [-0.15, -0.1) is 0 Å². The molecule has 0 radical (unpaired) electrons. The second-order valence-corrected chi connectivity index (χ2v) is 9.86. The molecular formula is C26H35N5O4. The highest BCUT2D eigenvalue weighted by Crippen LogP contribution is 2.23. The Morgan fingerprint density at radius 2 is 2.14 bits per heavy atom. The maximum Gasteiger partial charge on any atom is 0.326 e. The molecule has 2 aliphatic rings. The lowest BCUT2D eigenvalue weighted by atomic mass is 9.84. The molecular weight excluding hydrogens is 446 g/mol. The summed E-state index contributed by atoms with van der Waals surface area (Å²) in [5, 5.41) is 15.7. The lowest BCUT2D eigenvalue weighted by molar-refractivity contribution is -0.143. The third kappa shape index (κ3) is 6.35. The van der Waals surface area contributed by atoms with E-state index in [2.05, 4.69) is 32.7 Å². The molecule has 0 spiro atoms. The number of aliphatic carboxylic acids is 1. The quantitative estimate of drug-likeness (QED) is 0.446. The van der Waals surface area contributed by atoms with Gasteiger partial charge in [0.15, 0.2) is 0 Å². The number of aryl methyl sites for hydroxylation is 1. The third-order valence-electron chi connectivity index (χ3n) is 6.88. The van der Waals surface area contributed by atoms with Crippen LogP contribution in [0.4, 0.5) is 5.82 Å². The van der Waals surface area contributed by atoms with Crippen molar-refractivity contribution in [3.63, 3.8) is 0 Å². The van der Waals surface area contributed by atoms with E-state index in [1.807, 2.05) is 6.07 Å². The second kappa shape index (κ2) is 11.1. The summed E-state index contributed by atoms with van der Waals surface area (Å²) in [5.74, 6) is -0.345. The maximum atomic E-state index is 12.8. The van der Waals surface area contributed by atoms with E-state index in [0.717, 1.165) is 56.0 Å². The first kappa shape index (κ1) is 25.1. The van der Waals surface area contributed by atoms with Crippen LogP contribution in [0, 0.1) is 0 Å². The zero-order valence-corrected chi connectivity index (χ0v) is 20.5. The summed E-state index contributed by atoms with van der Waals surface area (Å²) in [7, 11) is 0. The number of anilines is 1. The fraction of sp³-hybridized carbons (Fsp3) is 0.538. The summed E-state index contributed by atoms with van der Waals surface area (Å²) >= 11 is 0. The van der Waals surface area contributed by atoms with Gasteiger partial charge in [0.05, 0.1) is 18.1 Å². The van der Waals surface area contributed by atoms with Crippen LogP contribution in [-0.4, -0.2) is 76.8 Å². The standard InChI is InChI=1S/C26H35N5O4/c1-26(2,19-6-4-11-27-15-19)25(34)30-22(24(32)33)9-13-31-16-21(17-31)35-14-10-20-8-7-18-5-3-12-28-23(18)29-20/h4,6-8,11,15,21-22H,3,5,9-10,12-14,16-17H2,1-2H3,(H,28,29)(H,30,34)(H,32,33). The van der Waals surface area contributed by atoms with Crippen molar-refractivity contribution in [1.29, 1.82) is 0 Å². The van der Waals surface area contributed by atoms with E-state index in [1.54, 1.807) is 32.3 Å². The Hall–Kier alpha value is -3.04. The van der Waals surface area contributed by atoms with Gasteiger partial charge in [-0.2, -0.15) is 0 Å². The van der Waals surface area contributed by atoms with Crippen LogP contribution < -0.4 is 10.6 Å². The minimum atomic E-state index is -1.03. The van der Waals surface area contributed by atoms with Gasteiger partial charge >= 0.3 is 5.97 Å². The van der Waals surface area contributed by atoms with E-state index in [-0.39, 0.29) is 12.0 Å². The fourth-order valence-electron chi connectivity index (χ4n) is 4.42. The molecule has 0 aromatic carbocycles. The number of ether oxygens (including phenoxy) is 1. The molecule has 4 rings (SSSR count). The summed E-state index contributed by atoms with van der Waals surface area (Å²) < 4.78 is 5.97. The molecule has 2 aromatic rings. The summed E-state index contributed by atoms with van der Waals surface area (Å²) in [6.07, 6.45) is 6.76. The smallest absolute Gasteiger partial charge is 0.326 e. The Labute approximate surface area is 206 Å². The number of pyridine rings is 2. The Bertz CT molecular complexity index is 1020. The van der Waals surface area contributed by atoms with E-state index in [9.17, 15) is 14.7 Å². The minimum absolute atomic E-state index is 0.146. The second-order valence-electron chi connectivity index (χ2n) is 9.86. The first-order chi connectivity index (χ1) is 16.8. The largest absolute Gasteiger partial charge is 0.480 e. The number of nitrogens with zero attached hydrogens (tertiary/aromatic N) is 3. The Balaban J connectivity index is 1.16. The van der Waals surface area contributed by atoms with Crippen LogP contribution in [0.5, 0.6) is 0 Å². The molecule has 9 heteroatoms. The van der Waals surface area contributed by atoms with Crippen molar-refractivity contribution in [2.24, 2.45) is 0 Å². The lowest BCUT2D eigenvalue weighted by Crippen LogP contribution is -2.54. The predicted octanol–water partition coefficient (Wildman–Crippen LogP) is 2.02. The normalized spacial score (nSPS) is 17.1. The van der Waals surface area contributed by atoms with Gasteiger partial charge < -0.3 is 20.5 Å². The van der Waals surface area contributed by atoms with Crippen LogP contribution >= 0.6 is 0 Å². The number of amides is 1. The van der Waals surface area contributed by atoms with Gasteiger partial charge in [-0.1, -0.05) is 12.1 Å². The Kier molecular flexibility index (Phi) is 7.97. The highest BCUT2D eigenvalue weighted by Gasteiger charge is 2.34. The first-order valence-electron chi connectivity index (χ1n) is 12.3. The van der Waals surface area contributed by atoms with E-state index in [0.29, 0.717) is 19.6 Å². The molecule has 35 heavy (non-hydrogen) atoms. The molecule has 0 aliphatic carbocycles. The molecule has 1 unspecified atom stereocenters. The van der Waals surface area contributed by atoms with Gasteiger partial charge in [-0.3, -0.25) is 14.7 Å². The average molecular weight is 482 g/mol. The minimum Gasteiger partial charge on any atom is -0.480 e. The topological polar surface area (TPSA) is 117 Å². The number of rotatable bonds is 11. The molecule has 1 atom stereocenters. The Morgan fingerprint density at radius 1 is 1.31 bits per heavy atom. The van der Waals surface area contributed by atoms with Crippen LogP contribution in [0.2, 0.25) is 0 Å². The van der Waals surface area contributed by atoms with Crippen LogP contribution in [0.3, 0.4) is 0 Å². The van der Waals surface area contributed by atoms with Crippen molar-refractivity contribution in [2.45, 2.75) is 57.1 Å².